The Morgan fingerprint density at radius 1 is 0.317 bits per heavy atom. The van der Waals surface area contributed by atoms with Gasteiger partial charge in [0.1, 0.15) is 0 Å². The molecule has 0 saturated heterocycles. The summed E-state index contributed by atoms with van der Waals surface area (Å²) in [6, 6.07) is 74.6. The molecule has 0 atom stereocenters. The Bertz CT molecular complexity index is 3540. The highest BCUT2D eigenvalue weighted by atomic mass is 15.0. The summed E-state index contributed by atoms with van der Waals surface area (Å²) in [6.07, 6.45) is 3.76. The van der Waals surface area contributed by atoms with Gasteiger partial charge in [-0.2, -0.15) is 0 Å². The van der Waals surface area contributed by atoms with Gasteiger partial charge < -0.3 is 4.57 Å². The normalized spacial score (nSPS) is 11.5. The number of hydrogen-bond donors (Lipinski definition) is 0. The van der Waals surface area contributed by atoms with Gasteiger partial charge in [0, 0.05) is 67.3 Å². The summed E-state index contributed by atoms with van der Waals surface area (Å²) in [5.41, 5.74) is 16.2. The first kappa shape index (κ1) is 36.3. The molecular weight excluding hydrogens is 767 g/mol. The van der Waals surface area contributed by atoms with Gasteiger partial charge in [-0.15, -0.1) is 0 Å². The van der Waals surface area contributed by atoms with Crippen LogP contribution in [0.4, 0.5) is 0 Å². The minimum Gasteiger partial charge on any atom is -0.309 e. The second kappa shape index (κ2) is 15.2. The standard InChI is InChI=1S/C58H37N5/c1-3-14-38(15-4-1)43-29-31-51(60-37-43)53-36-44(35-52(61-53)40-27-25-39(26-28-40)49-22-11-12-33-59-49)41-16-13-17-42(34-41)58-48-30-32-55-57(56(48)46-20-7-9-23-50(46)62-58)47-21-8-10-24-54(47)63(55)45-18-5-2-6-19-45/h1-37H. The predicted molar refractivity (Wildman–Crippen MR) is 260 cm³/mol. The van der Waals surface area contributed by atoms with Crippen LogP contribution in [0.5, 0.6) is 0 Å². The van der Waals surface area contributed by atoms with E-state index in [0.29, 0.717) is 0 Å². The van der Waals surface area contributed by atoms with Gasteiger partial charge in [-0.25, -0.2) is 9.97 Å². The lowest BCUT2D eigenvalue weighted by Crippen LogP contribution is -1.95. The highest BCUT2D eigenvalue weighted by Gasteiger charge is 2.20. The van der Waals surface area contributed by atoms with Gasteiger partial charge in [0.2, 0.25) is 0 Å². The monoisotopic (exact) mass is 803 g/mol. The number of para-hydroxylation sites is 3. The zero-order valence-corrected chi connectivity index (χ0v) is 34.1. The van der Waals surface area contributed by atoms with Gasteiger partial charge >= 0.3 is 0 Å². The molecule has 0 aliphatic rings. The third kappa shape index (κ3) is 6.42. The highest BCUT2D eigenvalue weighted by molar-refractivity contribution is 6.29. The molecule has 5 nitrogen and oxygen atoms in total. The molecule has 5 heterocycles. The van der Waals surface area contributed by atoms with Gasteiger partial charge in [-0.05, 0) is 83.4 Å². The van der Waals surface area contributed by atoms with E-state index in [-0.39, 0.29) is 0 Å². The van der Waals surface area contributed by atoms with Crippen molar-refractivity contribution >= 4 is 43.5 Å². The lowest BCUT2D eigenvalue weighted by Gasteiger charge is -2.14. The van der Waals surface area contributed by atoms with Crippen molar-refractivity contribution in [3.8, 4) is 73.1 Å². The zero-order valence-electron chi connectivity index (χ0n) is 34.1. The number of pyridine rings is 4. The summed E-state index contributed by atoms with van der Waals surface area (Å²) in [7, 11) is 0. The Balaban J connectivity index is 1.03. The van der Waals surface area contributed by atoms with Crippen LogP contribution in [-0.2, 0) is 0 Å². The maximum Gasteiger partial charge on any atom is 0.0899 e. The molecule has 0 radical (unpaired) electrons. The van der Waals surface area contributed by atoms with E-state index in [1.807, 2.05) is 36.7 Å². The molecule has 12 rings (SSSR count). The van der Waals surface area contributed by atoms with Gasteiger partial charge in [0.05, 0.1) is 45.0 Å². The molecule has 0 bridgehead atoms. The van der Waals surface area contributed by atoms with Crippen LogP contribution < -0.4 is 0 Å². The molecule has 0 unspecified atom stereocenters. The van der Waals surface area contributed by atoms with Crippen LogP contribution in [0.2, 0.25) is 0 Å². The van der Waals surface area contributed by atoms with E-state index in [4.69, 9.17) is 15.0 Å². The average molecular weight is 804 g/mol. The number of rotatable bonds is 7. The van der Waals surface area contributed by atoms with Gasteiger partial charge in [0.15, 0.2) is 0 Å². The van der Waals surface area contributed by atoms with Crippen molar-refractivity contribution < 1.29 is 0 Å². The van der Waals surface area contributed by atoms with Gasteiger partial charge in [-0.3, -0.25) is 9.97 Å². The number of fused-ring (bicyclic) bond motifs is 7. The van der Waals surface area contributed by atoms with Gasteiger partial charge in [0.25, 0.3) is 0 Å². The first-order valence-corrected chi connectivity index (χ1v) is 21.2. The Labute approximate surface area is 364 Å². The third-order valence-corrected chi connectivity index (χ3v) is 12.1. The molecule has 0 aliphatic carbocycles. The molecule has 63 heavy (non-hydrogen) atoms. The van der Waals surface area contributed by atoms with Crippen molar-refractivity contribution in [1.82, 2.24) is 24.5 Å². The summed E-state index contributed by atoms with van der Waals surface area (Å²) < 4.78 is 2.38. The molecule has 5 heteroatoms. The number of aromatic nitrogens is 5. The van der Waals surface area contributed by atoms with E-state index >= 15 is 0 Å². The molecule has 7 aromatic carbocycles. The van der Waals surface area contributed by atoms with Crippen LogP contribution in [0, 0.1) is 0 Å². The fourth-order valence-electron chi connectivity index (χ4n) is 9.09. The summed E-state index contributed by atoms with van der Waals surface area (Å²) in [5, 5.41) is 5.90. The van der Waals surface area contributed by atoms with Crippen molar-refractivity contribution in [2.75, 3.05) is 0 Å². The van der Waals surface area contributed by atoms with E-state index in [9.17, 15) is 0 Å². The molecule has 0 N–H and O–H groups in total. The fraction of sp³-hybridized carbons (Fsp3) is 0. The van der Waals surface area contributed by atoms with Crippen LogP contribution in [0.3, 0.4) is 0 Å². The molecule has 5 aromatic heterocycles. The first-order valence-electron chi connectivity index (χ1n) is 21.2. The quantitative estimate of drug-likeness (QED) is 0.151. The molecule has 0 aliphatic heterocycles. The SMILES string of the molecule is c1ccc(-c2ccc(-c3cc(-c4cccc(-c5nc6ccccc6c6c5ccc5c6c6ccccc6n5-c5ccccc5)c4)cc(-c4ccc(-c5ccccn5)cc4)n3)nc2)cc1. The first-order chi connectivity index (χ1) is 31.2. The molecular formula is C58H37N5. The zero-order chi connectivity index (χ0) is 41.7. The van der Waals surface area contributed by atoms with Crippen molar-refractivity contribution in [1.29, 1.82) is 0 Å². The predicted octanol–water partition coefficient (Wildman–Crippen LogP) is 14.7. The molecule has 0 fully saturated rings. The smallest absolute Gasteiger partial charge is 0.0899 e. The van der Waals surface area contributed by atoms with Crippen LogP contribution in [-0.4, -0.2) is 24.5 Å². The lowest BCUT2D eigenvalue weighted by atomic mass is 9.94. The van der Waals surface area contributed by atoms with Crippen molar-refractivity contribution in [3.05, 3.63) is 225 Å². The summed E-state index contributed by atoms with van der Waals surface area (Å²) in [6.45, 7) is 0. The topological polar surface area (TPSA) is 56.5 Å². The number of nitrogens with zero attached hydrogens (tertiary/aromatic N) is 5. The summed E-state index contributed by atoms with van der Waals surface area (Å²) in [4.78, 5) is 20.2. The largest absolute Gasteiger partial charge is 0.309 e. The Kier molecular flexibility index (Phi) is 8.75. The third-order valence-electron chi connectivity index (χ3n) is 12.1. The summed E-state index contributed by atoms with van der Waals surface area (Å²) >= 11 is 0. The van der Waals surface area contributed by atoms with E-state index in [0.717, 1.165) is 89.4 Å². The molecule has 12 aromatic rings. The second-order valence-electron chi connectivity index (χ2n) is 15.8. The Hall–Kier alpha value is -8.54. The van der Waals surface area contributed by atoms with Crippen molar-refractivity contribution in [2.45, 2.75) is 0 Å². The molecule has 0 saturated carbocycles. The summed E-state index contributed by atoms with van der Waals surface area (Å²) in [5.74, 6) is 0. The van der Waals surface area contributed by atoms with Crippen LogP contribution >= 0.6 is 0 Å². The Morgan fingerprint density at radius 2 is 1.00 bits per heavy atom. The van der Waals surface area contributed by atoms with E-state index in [1.165, 1.54) is 27.2 Å². The fourth-order valence-corrected chi connectivity index (χ4v) is 9.09. The van der Waals surface area contributed by atoms with Crippen LogP contribution in [0.25, 0.3) is 117 Å². The van der Waals surface area contributed by atoms with E-state index in [1.54, 1.807) is 0 Å². The van der Waals surface area contributed by atoms with Crippen molar-refractivity contribution in [2.24, 2.45) is 0 Å². The number of benzene rings is 7. The second-order valence-corrected chi connectivity index (χ2v) is 15.8. The van der Waals surface area contributed by atoms with Crippen molar-refractivity contribution in [3.63, 3.8) is 0 Å². The van der Waals surface area contributed by atoms with Gasteiger partial charge in [-0.1, -0.05) is 146 Å². The van der Waals surface area contributed by atoms with E-state index in [2.05, 4.69) is 198 Å². The maximum atomic E-state index is 5.42. The minimum atomic E-state index is 0.799. The maximum absolute atomic E-state index is 5.42. The lowest BCUT2D eigenvalue weighted by molar-refractivity contribution is 1.18. The van der Waals surface area contributed by atoms with Crippen LogP contribution in [0.1, 0.15) is 0 Å². The average Bonchev–Trinajstić information content (AvgIpc) is 3.71. The molecule has 294 valence electrons. The minimum absolute atomic E-state index is 0.799. The molecule has 0 spiro atoms. The molecule has 0 amide bonds. The highest BCUT2D eigenvalue weighted by Crippen LogP contribution is 2.43. The Morgan fingerprint density at radius 3 is 1.79 bits per heavy atom. The number of hydrogen-bond acceptors (Lipinski definition) is 4. The van der Waals surface area contributed by atoms with Crippen LogP contribution in [0.15, 0.2) is 225 Å². The van der Waals surface area contributed by atoms with E-state index < -0.39 is 0 Å².